The minimum atomic E-state index is -0.759. The first-order valence-electron chi connectivity index (χ1n) is 9.34. The number of nitrogens with zero attached hydrogens (tertiary/aromatic N) is 2. The number of imide groups is 1. The molecule has 0 bridgehead atoms. The first-order valence-corrected chi connectivity index (χ1v) is 9.34. The molecule has 8 heteroatoms. The summed E-state index contributed by atoms with van der Waals surface area (Å²) in [6.45, 7) is 0.206. The van der Waals surface area contributed by atoms with Gasteiger partial charge in [-0.1, -0.05) is 24.3 Å². The Bertz CT molecular complexity index is 933. The third kappa shape index (κ3) is 3.61. The molecule has 0 unspecified atom stereocenters. The summed E-state index contributed by atoms with van der Waals surface area (Å²) in [5, 5.41) is 2.84. The van der Waals surface area contributed by atoms with Gasteiger partial charge in [-0.2, -0.15) is 0 Å². The number of benzene rings is 2. The highest BCUT2D eigenvalue weighted by atomic mass is 16.5. The van der Waals surface area contributed by atoms with Gasteiger partial charge in [-0.3, -0.25) is 9.59 Å². The second kappa shape index (κ2) is 7.83. The van der Waals surface area contributed by atoms with Gasteiger partial charge >= 0.3 is 6.03 Å². The van der Waals surface area contributed by atoms with E-state index in [-0.39, 0.29) is 12.5 Å². The summed E-state index contributed by atoms with van der Waals surface area (Å²) in [6.07, 6.45) is 0.519. The SMILES string of the molecule is COc1cccc(N2C(=O)N[C@@H]3CCN(C(=O)COc4ccccc4)[C@@H]3C2=O)c1. The molecule has 0 radical (unpaired) electrons. The Morgan fingerprint density at radius 2 is 1.86 bits per heavy atom. The number of methoxy groups -OCH3 is 1. The van der Waals surface area contributed by atoms with Crippen LogP contribution in [0.15, 0.2) is 54.6 Å². The molecule has 2 aromatic carbocycles. The summed E-state index contributed by atoms with van der Waals surface area (Å²) in [5.74, 6) is 0.382. The van der Waals surface area contributed by atoms with Crippen molar-refractivity contribution in [2.45, 2.75) is 18.5 Å². The number of nitrogens with one attached hydrogen (secondary N) is 1. The molecule has 4 amide bonds. The van der Waals surface area contributed by atoms with Gasteiger partial charge in [0.15, 0.2) is 6.61 Å². The number of urea groups is 1. The molecule has 4 rings (SSSR count). The smallest absolute Gasteiger partial charge is 0.329 e. The van der Waals surface area contributed by atoms with Gasteiger partial charge < -0.3 is 19.7 Å². The normalized spacial score (nSPS) is 20.9. The molecule has 8 nitrogen and oxygen atoms in total. The molecule has 0 aromatic heterocycles. The van der Waals surface area contributed by atoms with E-state index < -0.39 is 24.0 Å². The van der Waals surface area contributed by atoms with E-state index in [4.69, 9.17) is 9.47 Å². The van der Waals surface area contributed by atoms with E-state index in [1.807, 2.05) is 18.2 Å². The van der Waals surface area contributed by atoms with E-state index in [1.165, 1.54) is 12.0 Å². The zero-order valence-electron chi connectivity index (χ0n) is 15.9. The Kier molecular flexibility index (Phi) is 5.07. The lowest BCUT2D eigenvalue weighted by Crippen LogP contribution is -2.65. The van der Waals surface area contributed by atoms with Crippen LogP contribution in [0.2, 0.25) is 0 Å². The average molecular weight is 395 g/mol. The van der Waals surface area contributed by atoms with Crippen molar-refractivity contribution in [2.75, 3.05) is 25.2 Å². The summed E-state index contributed by atoms with van der Waals surface area (Å²) < 4.78 is 10.7. The van der Waals surface area contributed by atoms with Crippen molar-refractivity contribution in [3.8, 4) is 11.5 Å². The van der Waals surface area contributed by atoms with E-state index in [2.05, 4.69) is 5.32 Å². The number of hydrogen-bond donors (Lipinski definition) is 1. The third-order valence-corrected chi connectivity index (χ3v) is 5.12. The Hall–Kier alpha value is -3.55. The molecular weight excluding hydrogens is 374 g/mol. The second-order valence-electron chi connectivity index (χ2n) is 6.85. The third-order valence-electron chi connectivity index (χ3n) is 5.12. The lowest BCUT2D eigenvalue weighted by molar-refractivity contribution is -0.139. The molecular formula is C21H21N3O5. The van der Waals surface area contributed by atoms with Crippen molar-refractivity contribution in [1.29, 1.82) is 0 Å². The van der Waals surface area contributed by atoms with Gasteiger partial charge in [-0.15, -0.1) is 0 Å². The number of hydrogen-bond acceptors (Lipinski definition) is 5. The van der Waals surface area contributed by atoms with E-state index in [9.17, 15) is 14.4 Å². The van der Waals surface area contributed by atoms with Crippen LogP contribution in [0.1, 0.15) is 6.42 Å². The van der Waals surface area contributed by atoms with E-state index in [0.29, 0.717) is 30.2 Å². The van der Waals surface area contributed by atoms with Crippen molar-refractivity contribution >= 4 is 23.5 Å². The van der Waals surface area contributed by atoms with Crippen LogP contribution in [0.5, 0.6) is 11.5 Å². The summed E-state index contributed by atoms with van der Waals surface area (Å²) >= 11 is 0. The van der Waals surface area contributed by atoms with Crippen molar-refractivity contribution in [1.82, 2.24) is 10.2 Å². The van der Waals surface area contributed by atoms with Gasteiger partial charge in [0.2, 0.25) is 0 Å². The van der Waals surface area contributed by atoms with Crippen LogP contribution >= 0.6 is 0 Å². The standard InChI is InChI=1S/C21H21N3O5/c1-28-16-9-5-6-14(12-16)24-20(26)19-17(22-21(24)27)10-11-23(19)18(25)13-29-15-7-3-2-4-8-15/h2-9,12,17,19H,10-11,13H2,1H3,(H,22,27)/t17-,19+/m1/s1. The van der Waals surface area contributed by atoms with Gasteiger partial charge in [-0.25, -0.2) is 9.69 Å². The number of fused-ring (bicyclic) bond motifs is 1. The Balaban J connectivity index is 1.52. The van der Waals surface area contributed by atoms with Gasteiger partial charge in [0.1, 0.15) is 17.5 Å². The van der Waals surface area contributed by atoms with Crippen LogP contribution in [-0.4, -0.2) is 55.1 Å². The van der Waals surface area contributed by atoms with E-state index in [0.717, 1.165) is 4.90 Å². The molecule has 2 heterocycles. The minimum absolute atomic E-state index is 0.173. The van der Waals surface area contributed by atoms with Crippen LogP contribution in [0.25, 0.3) is 0 Å². The molecule has 2 atom stereocenters. The molecule has 2 aliphatic rings. The second-order valence-corrected chi connectivity index (χ2v) is 6.85. The summed E-state index contributed by atoms with van der Waals surface area (Å²) in [5.41, 5.74) is 0.394. The van der Waals surface area contributed by atoms with Crippen LogP contribution in [0.4, 0.5) is 10.5 Å². The molecule has 29 heavy (non-hydrogen) atoms. The zero-order chi connectivity index (χ0) is 20.4. The Labute approximate surface area is 168 Å². The maximum Gasteiger partial charge on any atom is 0.329 e. The number of anilines is 1. The number of amides is 4. The van der Waals surface area contributed by atoms with Crippen molar-refractivity contribution in [3.63, 3.8) is 0 Å². The highest BCUT2D eigenvalue weighted by molar-refractivity contribution is 6.19. The quantitative estimate of drug-likeness (QED) is 0.834. The number of carbonyl (C=O) groups excluding carboxylic acids is 3. The zero-order valence-corrected chi connectivity index (χ0v) is 15.9. The van der Waals surface area contributed by atoms with Crippen LogP contribution in [0, 0.1) is 0 Å². The lowest BCUT2D eigenvalue weighted by Gasteiger charge is -2.36. The van der Waals surface area contributed by atoms with Crippen molar-refractivity contribution < 1.29 is 23.9 Å². The highest BCUT2D eigenvalue weighted by Crippen LogP contribution is 2.29. The summed E-state index contributed by atoms with van der Waals surface area (Å²) in [6, 6.07) is 14.0. The molecule has 2 fully saturated rings. The van der Waals surface area contributed by atoms with Gasteiger partial charge in [-0.05, 0) is 30.7 Å². The first kappa shape index (κ1) is 18.8. The Morgan fingerprint density at radius 3 is 2.62 bits per heavy atom. The molecule has 0 spiro atoms. The predicted molar refractivity (Wildman–Crippen MR) is 105 cm³/mol. The molecule has 150 valence electrons. The van der Waals surface area contributed by atoms with Crippen LogP contribution in [0.3, 0.4) is 0 Å². The number of ether oxygens (including phenoxy) is 2. The molecule has 2 aromatic rings. The maximum atomic E-state index is 13.2. The van der Waals surface area contributed by atoms with Crippen molar-refractivity contribution in [2.24, 2.45) is 0 Å². The Morgan fingerprint density at radius 1 is 1.10 bits per heavy atom. The number of likely N-dealkylation sites (tertiary alicyclic amines) is 1. The number of carbonyl (C=O) groups is 3. The molecule has 1 N–H and O–H groups in total. The first-order chi connectivity index (χ1) is 14.1. The summed E-state index contributed by atoms with van der Waals surface area (Å²) in [4.78, 5) is 41.0. The highest BCUT2D eigenvalue weighted by Gasteiger charge is 2.49. The van der Waals surface area contributed by atoms with Gasteiger partial charge in [0, 0.05) is 12.6 Å². The number of para-hydroxylation sites is 1. The molecule has 2 aliphatic heterocycles. The molecule has 0 saturated carbocycles. The van der Waals surface area contributed by atoms with E-state index >= 15 is 0 Å². The van der Waals surface area contributed by atoms with Gasteiger partial charge in [0.25, 0.3) is 11.8 Å². The molecule has 0 aliphatic carbocycles. The fraction of sp³-hybridized carbons (Fsp3) is 0.286. The van der Waals surface area contributed by atoms with Gasteiger partial charge in [0.05, 0.1) is 18.8 Å². The fourth-order valence-corrected chi connectivity index (χ4v) is 3.72. The number of rotatable bonds is 5. The largest absolute Gasteiger partial charge is 0.497 e. The monoisotopic (exact) mass is 395 g/mol. The lowest BCUT2D eigenvalue weighted by atomic mass is 10.0. The minimum Gasteiger partial charge on any atom is -0.497 e. The predicted octanol–water partition coefficient (Wildman–Crippen LogP) is 1.80. The van der Waals surface area contributed by atoms with Crippen molar-refractivity contribution in [3.05, 3.63) is 54.6 Å². The topological polar surface area (TPSA) is 88.2 Å². The van der Waals surface area contributed by atoms with Crippen LogP contribution in [-0.2, 0) is 9.59 Å². The summed E-state index contributed by atoms with van der Waals surface area (Å²) in [7, 11) is 1.51. The average Bonchev–Trinajstić information content (AvgIpc) is 3.17. The van der Waals surface area contributed by atoms with E-state index in [1.54, 1.807) is 36.4 Å². The van der Waals surface area contributed by atoms with Crippen LogP contribution < -0.4 is 19.7 Å². The fourth-order valence-electron chi connectivity index (χ4n) is 3.72. The maximum absolute atomic E-state index is 13.2. The molecule has 2 saturated heterocycles.